The molecule has 0 amide bonds. The lowest BCUT2D eigenvalue weighted by atomic mass is 9.70. The van der Waals surface area contributed by atoms with Crippen molar-refractivity contribution in [1.29, 1.82) is 0 Å². The van der Waals surface area contributed by atoms with Gasteiger partial charge in [-0.1, -0.05) is 79.6 Å². The topological polar surface area (TPSA) is 61.0 Å². The summed E-state index contributed by atoms with van der Waals surface area (Å²) in [6.07, 6.45) is 13.2. The number of hydrogen-bond donors (Lipinski definition) is 1. The number of benzene rings is 4. The molecule has 2 N–H and O–H groups in total. The summed E-state index contributed by atoms with van der Waals surface area (Å²) < 4.78 is 5.49. The molecule has 49 heavy (non-hydrogen) atoms. The Kier molecular flexibility index (Phi) is 9.35. The van der Waals surface area contributed by atoms with Gasteiger partial charge in [-0.15, -0.1) is 0 Å². The molecule has 0 spiro atoms. The third-order valence-electron chi connectivity index (χ3n) is 10.1. The van der Waals surface area contributed by atoms with E-state index in [1.54, 1.807) is 25.1 Å². The average Bonchev–Trinajstić information content (AvgIpc) is 3.14. The summed E-state index contributed by atoms with van der Waals surface area (Å²) in [6.45, 7) is 7.35. The second-order valence-corrected chi connectivity index (χ2v) is 13.8. The van der Waals surface area contributed by atoms with Crippen molar-refractivity contribution in [2.24, 2.45) is 5.73 Å². The maximum absolute atomic E-state index is 6.65. The molecule has 0 aliphatic heterocycles. The molecular weight excluding hydrogens is 622 g/mol. The van der Waals surface area contributed by atoms with Gasteiger partial charge in [-0.2, -0.15) is 0 Å². The van der Waals surface area contributed by atoms with E-state index in [0.717, 1.165) is 52.1 Å². The standard InChI is InChI=1S/C36H36ClNO.C8H6N2/c1-21(2)23-9-10-25(20-38)31(17-23)33-19-34-30(28-7-5-6-8-29(28)33)13-11-24-16-26(15-22(3)36(24)34)32-18-27(39-4)12-14-35(32)37;1-2-7-6-9-5-3-8(7)10-4-1/h5,7,9-18,21,33H,6,8,19-20,38H2,1-4H3;1-6H. The monoisotopic (exact) mass is 663 g/mol. The Bertz CT molecular complexity index is 2180. The van der Waals surface area contributed by atoms with E-state index in [0.29, 0.717) is 18.4 Å². The Morgan fingerprint density at radius 1 is 0.939 bits per heavy atom. The number of nitrogens with two attached hydrogens (primary N) is 1. The third kappa shape index (κ3) is 6.39. The first-order valence-electron chi connectivity index (χ1n) is 17.1. The molecule has 4 nitrogen and oxygen atoms in total. The van der Waals surface area contributed by atoms with Crippen molar-refractivity contribution in [3.63, 3.8) is 0 Å². The van der Waals surface area contributed by atoms with Crippen molar-refractivity contribution in [2.45, 2.75) is 58.4 Å². The Balaban J connectivity index is 0.000000322. The smallest absolute Gasteiger partial charge is 0.119 e. The van der Waals surface area contributed by atoms with Crippen LogP contribution in [0.4, 0.5) is 0 Å². The number of hydrogen-bond acceptors (Lipinski definition) is 4. The molecular formula is C44H42ClN3O. The van der Waals surface area contributed by atoms with E-state index >= 15 is 0 Å². The van der Waals surface area contributed by atoms with E-state index in [9.17, 15) is 0 Å². The number of aromatic nitrogens is 2. The highest BCUT2D eigenvalue weighted by Crippen LogP contribution is 2.48. The first kappa shape index (κ1) is 32.8. The molecule has 2 heterocycles. The highest BCUT2D eigenvalue weighted by molar-refractivity contribution is 6.33. The Morgan fingerprint density at radius 3 is 2.61 bits per heavy atom. The summed E-state index contributed by atoms with van der Waals surface area (Å²) in [7, 11) is 1.69. The highest BCUT2D eigenvalue weighted by Gasteiger charge is 2.31. The normalized spacial score (nSPS) is 15.2. The zero-order valence-electron chi connectivity index (χ0n) is 28.6. The molecule has 0 bridgehead atoms. The van der Waals surface area contributed by atoms with E-state index in [1.807, 2.05) is 42.6 Å². The molecule has 8 rings (SSSR count). The molecule has 246 valence electrons. The summed E-state index contributed by atoms with van der Waals surface area (Å²) in [6, 6.07) is 27.8. The fraction of sp³-hybridized carbons (Fsp3) is 0.227. The number of allylic oxidation sites excluding steroid dienone is 4. The van der Waals surface area contributed by atoms with Gasteiger partial charge >= 0.3 is 0 Å². The van der Waals surface area contributed by atoms with E-state index in [2.05, 4.69) is 85.4 Å². The van der Waals surface area contributed by atoms with Crippen molar-refractivity contribution < 1.29 is 4.74 Å². The third-order valence-corrected chi connectivity index (χ3v) is 10.4. The van der Waals surface area contributed by atoms with Crippen LogP contribution in [0, 0.1) is 6.92 Å². The van der Waals surface area contributed by atoms with Crippen LogP contribution in [0.2, 0.25) is 5.02 Å². The molecule has 0 saturated carbocycles. The SMILES string of the molecule is COc1ccc(Cl)c(-c2cc(C)c3c4c(ccc3c2)C2=C(CCC=C2)C(c2cc(C(C)C)ccc2CN)C4)c1.c1cnc2ccncc2c1. The molecule has 1 atom stereocenters. The van der Waals surface area contributed by atoms with Crippen molar-refractivity contribution in [3.8, 4) is 16.9 Å². The van der Waals surface area contributed by atoms with Crippen LogP contribution in [0.1, 0.15) is 71.9 Å². The Labute approximate surface area is 294 Å². The number of pyridine rings is 2. The lowest BCUT2D eigenvalue weighted by Gasteiger charge is -2.34. The molecule has 5 heteroatoms. The van der Waals surface area contributed by atoms with Crippen LogP contribution >= 0.6 is 11.6 Å². The van der Waals surface area contributed by atoms with E-state index in [4.69, 9.17) is 22.1 Å². The van der Waals surface area contributed by atoms with Crippen LogP contribution in [0.25, 0.3) is 38.4 Å². The van der Waals surface area contributed by atoms with Crippen LogP contribution in [-0.4, -0.2) is 17.1 Å². The maximum atomic E-state index is 6.65. The largest absolute Gasteiger partial charge is 0.497 e. The van der Waals surface area contributed by atoms with E-state index in [1.165, 1.54) is 49.7 Å². The molecule has 0 fully saturated rings. The van der Waals surface area contributed by atoms with Crippen LogP contribution in [0.15, 0.2) is 115 Å². The fourth-order valence-electron chi connectivity index (χ4n) is 7.57. The molecule has 2 aliphatic rings. The first-order valence-corrected chi connectivity index (χ1v) is 17.5. The predicted molar refractivity (Wildman–Crippen MR) is 205 cm³/mol. The first-order chi connectivity index (χ1) is 23.9. The summed E-state index contributed by atoms with van der Waals surface area (Å²) >= 11 is 6.65. The van der Waals surface area contributed by atoms with Crippen LogP contribution < -0.4 is 10.5 Å². The van der Waals surface area contributed by atoms with E-state index < -0.39 is 0 Å². The van der Waals surface area contributed by atoms with Gasteiger partial charge in [0.1, 0.15) is 5.75 Å². The van der Waals surface area contributed by atoms with Crippen molar-refractivity contribution in [2.75, 3.05) is 7.11 Å². The number of methoxy groups -OCH3 is 1. The Hall–Kier alpha value is -4.77. The lowest BCUT2D eigenvalue weighted by molar-refractivity contribution is 0.415. The summed E-state index contributed by atoms with van der Waals surface area (Å²) in [5.74, 6) is 1.63. The number of fused-ring (bicyclic) bond motifs is 5. The fourth-order valence-corrected chi connectivity index (χ4v) is 7.80. The molecule has 4 aromatic carbocycles. The van der Waals surface area contributed by atoms with Gasteiger partial charge in [0.25, 0.3) is 0 Å². The zero-order valence-corrected chi connectivity index (χ0v) is 29.4. The quantitative estimate of drug-likeness (QED) is 0.199. The maximum Gasteiger partial charge on any atom is 0.119 e. The molecule has 6 aromatic rings. The van der Waals surface area contributed by atoms with Crippen LogP contribution in [0.3, 0.4) is 0 Å². The van der Waals surface area contributed by atoms with Gasteiger partial charge in [0.05, 0.1) is 12.6 Å². The van der Waals surface area contributed by atoms with Crippen molar-refractivity contribution >= 4 is 38.8 Å². The second-order valence-electron chi connectivity index (χ2n) is 13.4. The van der Waals surface area contributed by atoms with Gasteiger partial charge < -0.3 is 10.5 Å². The summed E-state index contributed by atoms with van der Waals surface area (Å²) in [5, 5.41) is 4.43. The lowest BCUT2D eigenvalue weighted by Crippen LogP contribution is -2.19. The number of rotatable bonds is 5. The van der Waals surface area contributed by atoms with E-state index in [-0.39, 0.29) is 0 Å². The van der Waals surface area contributed by atoms with Gasteiger partial charge in [0.2, 0.25) is 0 Å². The molecule has 2 aromatic heterocycles. The summed E-state index contributed by atoms with van der Waals surface area (Å²) in [5.41, 5.74) is 20.6. The van der Waals surface area contributed by atoms with Gasteiger partial charge in [0.15, 0.2) is 0 Å². The van der Waals surface area contributed by atoms with Crippen molar-refractivity contribution in [1.82, 2.24) is 9.97 Å². The molecule has 0 saturated heterocycles. The zero-order chi connectivity index (χ0) is 34.1. The van der Waals surface area contributed by atoms with Crippen LogP contribution in [-0.2, 0) is 13.0 Å². The number of nitrogens with zero attached hydrogens (tertiary/aromatic N) is 2. The minimum Gasteiger partial charge on any atom is -0.497 e. The second kappa shape index (κ2) is 14.0. The van der Waals surface area contributed by atoms with Gasteiger partial charge in [-0.3, -0.25) is 9.97 Å². The minimum absolute atomic E-state index is 0.340. The predicted octanol–water partition coefficient (Wildman–Crippen LogP) is 11.1. The van der Waals surface area contributed by atoms with Gasteiger partial charge in [-0.05, 0) is 130 Å². The molecule has 1 unspecified atom stereocenters. The van der Waals surface area contributed by atoms with Crippen LogP contribution in [0.5, 0.6) is 5.75 Å². The average molecular weight is 664 g/mol. The number of halogens is 1. The number of ether oxygens (including phenoxy) is 1. The van der Waals surface area contributed by atoms with Gasteiger partial charge in [0, 0.05) is 47.0 Å². The highest BCUT2D eigenvalue weighted by atomic mass is 35.5. The number of aryl methyl sites for hydroxylation is 1. The van der Waals surface area contributed by atoms with Gasteiger partial charge in [-0.25, -0.2) is 0 Å². The molecule has 2 aliphatic carbocycles. The Morgan fingerprint density at radius 2 is 1.82 bits per heavy atom. The minimum atomic E-state index is 0.340. The summed E-state index contributed by atoms with van der Waals surface area (Å²) in [4.78, 5) is 8.11. The molecule has 0 radical (unpaired) electrons. The van der Waals surface area contributed by atoms with Crippen molar-refractivity contribution in [3.05, 3.63) is 154 Å².